The van der Waals surface area contributed by atoms with Crippen LogP contribution >= 0.6 is 27.5 Å². The quantitative estimate of drug-likeness (QED) is 0.865. The second-order valence-corrected chi connectivity index (χ2v) is 4.33. The van der Waals surface area contributed by atoms with Crippen LogP contribution in [0.4, 0.5) is 5.95 Å². The highest BCUT2D eigenvalue weighted by molar-refractivity contribution is 9.10. The van der Waals surface area contributed by atoms with E-state index in [2.05, 4.69) is 31.2 Å². The molecule has 0 atom stereocenters. The van der Waals surface area contributed by atoms with Crippen molar-refractivity contribution in [2.75, 3.05) is 5.32 Å². The third kappa shape index (κ3) is 2.83. The molecule has 0 fully saturated rings. The number of amides is 1. The SMILES string of the molecule is Cc1cc(Cl)nc(NC(=O)c2ccoc2Br)n1. The Morgan fingerprint density at radius 2 is 2.29 bits per heavy atom. The van der Waals surface area contributed by atoms with Crippen molar-refractivity contribution < 1.29 is 9.21 Å². The predicted molar refractivity (Wildman–Crippen MR) is 66.1 cm³/mol. The van der Waals surface area contributed by atoms with Gasteiger partial charge in [0.25, 0.3) is 5.91 Å². The maximum atomic E-state index is 11.8. The standard InChI is InChI=1S/C10H7BrClN3O2/c1-5-4-7(12)14-10(13-5)15-9(16)6-2-3-17-8(6)11/h2-4H,1H3,(H,13,14,15,16). The van der Waals surface area contributed by atoms with Crippen LogP contribution < -0.4 is 5.32 Å². The number of aromatic nitrogens is 2. The molecule has 0 saturated heterocycles. The van der Waals surface area contributed by atoms with Crippen LogP contribution in [0.3, 0.4) is 0 Å². The Morgan fingerprint density at radius 1 is 1.53 bits per heavy atom. The molecule has 0 unspecified atom stereocenters. The molecule has 88 valence electrons. The van der Waals surface area contributed by atoms with E-state index in [0.717, 1.165) is 0 Å². The molecule has 0 aliphatic heterocycles. The highest BCUT2D eigenvalue weighted by atomic mass is 79.9. The van der Waals surface area contributed by atoms with Gasteiger partial charge in [0.2, 0.25) is 5.95 Å². The van der Waals surface area contributed by atoms with Crippen molar-refractivity contribution in [3.8, 4) is 0 Å². The van der Waals surface area contributed by atoms with Crippen molar-refractivity contribution in [3.05, 3.63) is 39.5 Å². The fourth-order valence-corrected chi connectivity index (χ4v) is 1.87. The number of nitrogens with zero attached hydrogens (tertiary/aromatic N) is 2. The van der Waals surface area contributed by atoms with Crippen molar-refractivity contribution in [2.24, 2.45) is 0 Å². The number of carbonyl (C=O) groups is 1. The molecule has 1 amide bonds. The zero-order chi connectivity index (χ0) is 12.4. The van der Waals surface area contributed by atoms with Gasteiger partial charge in [0.15, 0.2) is 4.67 Å². The number of aryl methyl sites for hydroxylation is 1. The van der Waals surface area contributed by atoms with E-state index in [-0.39, 0.29) is 17.0 Å². The minimum atomic E-state index is -0.368. The number of nitrogens with one attached hydrogen (secondary N) is 1. The molecule has 1 N–H and O–H groups in total. The van der Waals surface area contributed by atoms with Gasteiger partial charge in [-0.05, 0) is 35.0 Å². The molecule has 0 bridgehead atoms. The first-order chi connectivity index (χ1) is 8.06. The van der Waals surface area contributed by atoms with Crippen molar-refractivity contribution >= 4 is 39.4 Å². The van der Waals surface area contributed by atoms with Crippen LogP contribution in [0.1, 0.15) is 16.1 Å². The summed E-state index contributed by atoms with van der Waals surface area (Å²) in [6.45, 7) is 1.76. The Hall–Kier alpha value is -1.40. The monoisotopic (exact) mass is 315 g/mol. The first-order valence-corrected chi connectivity index (χ1v) is 5.79. The summed E-state index contributed by atoms with van der Waals surface area (Å²) in [6, 6.07) is 3.14. The third-order valence-electron chi connectivity index (χ3n) is 1.91. The number of halogens is 2. The van der Waals surface area contributed by atoms with Gasteiger partial charge in [0.1, 0.15) is 5.15 Å². The molecule has 2 aromatic rings. The zero-order valence-corrected chi connectivity index (χ0v) is 11.0. The lowest BCUT2D eigenvalue weighted by molar-refractivity contribution is 0.102. The zero-order valence-electron chi connectivity index (χ0n) is 8.70. The van der Waals surface area contributed by atoms with Crippen LogP contribution in [0.15, 0.2) is 27.5 Å². The summed E-state index contributed by atoms with van der Waals surface area (Å²) >= 11 is 8.87. The summed E-state index contributed by atoms with van der Waals surface area (Å²) in [4.78, 5) is 19.7. The summed E-state index contributed by atoms with van der Waals surface area (Å²) in [5, 5.41) is 2.81. The summed E-state index contributed by atoms with van der Waals surface area (Å²) in [5.41, 5.74) is 1.04. The van der Waals surface area contributed by atoms with Gasteiger partial charge in [-0.15, -0.1) is 0 Å². The smallest absolute Gasteiger partial charge is 0.262 e. The second kappa shape index (κ2) is 4.85. The lowest BCUT2D eigenvalue weighted by Crippen LogP contribution is -2.14. The number of anilines is 1. The average Bonchev–Trinajstić information content (AvgIpc) is 2.62. The summed E-state index contributed by atoms with van der Waals surface area (Å²) in [7, 11) is 0. The van der Waals surface area contributed by atoms with Gasteiger partial charge in [-0.2, -0.15) is 0 Å². The van der Waals surface area contributed by atoms with E-state index in [1.807, 2.05) is 0 Å². The van der Waals surface area contributed by atoms with Gasteiger partial charge in [0.05, 0.1) is 11.8 Å². The Kier molecular flexibility index (Phi) is 3.44. The van der Waals surface area contributed by atoms with Crippen LogP contribution in [0.2, 0.25) is 5.15 Å². The Morgan fingerprint density at radius 3 is 2.88 bits per heavy atom. The van der Waals surface area contributed by atoms with E-state index in [1.165, 1.54) is 12.3 Å². The molecule has 7 heteroatoms. The maximum Gasteiger partial charge on any atom is 0.262 e. The summed E-state index contributed by atoms with van der Waals surface area (Å²) in [6.07, 6.45) is 1.41. The molecule has 0 saturated carbocycles. The number of hydrogen-bond acceptors (Lipinski definition) is 4. The molecule has 17 heavy (non-hydrogen) atoms. The van der Waals surface area contributed by atoms with E-state index in [4.69, 9.17) is 16.0 Å². The second-order valence-electron chi connectivity index (χ2n) is 3.22. The van der Waals surface area contributed by atoms with Crippen LogP contribution in [0, 0.1) is 6.92 Å². The van der Waals surface area contributed by atoms with Crippen LogP contribution in [0.5, 0.6) is 0 Å². The summed E-state index contributed by atoms with van der Waals surface area (Å²) < 4.78 is 5.32. The Balaban J connectivity index is 2.21. The highest BCUT2D eigenvalue weighted by Crippen LogP contribution is 2.18. The molecule has 0 aliphatic carbocycles. The average molecular weight is 317 g/mol. The van der Waals surface area contributed by atoms with Crippen molar-refractivity contribution in [3.63, 3.8) is 0 Å². The molecule has 0 aromatic carbocycles. The third-order valence-corrected chi connectivity index (χ3v) is 2.72. The van der Waals surface area contributed by atoms with Gasteiger partial charge in [-0.1, -0.05) is 11.6 Å². The molecule has 5 nitrogen and oxygen atoms in total. The number of hydrogen-bond donors (Lipinski definition) is 1. The molecule has 0 aliphatic rings. The topological polar surface area (TPSA) is 68.0 Å². The molecular formula is C10H7BrClN3O2. The van der Waals surface area contributed by atoms with E-state index < -0.39 is 0 Å². The molecular weight excluding hydrogens is 309 g/mol. The van der Waals surface area contributed by atoms with Gasteiger partial charge < -0.3 is 4.42 Å². The Bertz CT molecular complexity index is 550. The summed E-state index contributed by atoms with van der Waals surface area (Å²) in [5.74, 6) is -0.208. The minimum Gasteiger partial charge on any atom is -0.457 e. The van der Waals surface area contributed by atoms with Gasteiger partial charge >= 0.3 is 0 Å². The van der Waals surface area contributed by atoms with Crippen molar-refractivity contribution in [1.82, 2.24) is 9.97 Å². The van der Waals surface area contributed by atoms with Gasteiger partial charge in [-0.25, -0.2) is 9.97 Å². The first-order valence-electron chi connectivity index (χ1n) is 4.62. The van der Waals surface area contributed by atoms with E-state index >= 15 is 0 Å². The number of rotatable bonds is 2. The molecule has 0 radical (unpaired) electrons. The number of furan rings is 1. The van der Waals surface area contributed by atoms with Crippen LogP contribution in [0.25, 0.3) is 0 Å². The largest absolute Gasteiger partial charge is 0.457 e. The van der Waals surface area contributed by atoms with Crippen LogP contribution in [-0.4, -0.2) is 15.9 Å². The minimum absolute atomic E-state index is 0.160. The fourth-order valence-electron chi connectivity index (χ4n) is 1.21. The fraction of sp³-hybridized carbons (Fsp3) is 0.100. The molecule has 2 aromatic heterocycles. The highest BCUT2D eigenvalue weighted by Gasteiger charge is 2.14. The van der Waals surface area contributed by atoms with E-state index in [1.54, 1.807) is 13.0 Å². The lowest BCUT2D eigenvalue weighted by Gasteiger charge is -2.03. The first kappa shape index (κ1) is 12.1. The molecule has 2 rings (SSSR count). The molecule has 2 heterocycles. The van der Waals surface area contributed by atoms with Gasteiger partial charge in [0, 0.05) is 5.69 Å². The predicted octanol–water partition coefficient (Wildman–Crippen LogP) is 3.05. The number of carbonyl (C=O) groups excluding carboxylic acids is 1. The Labute approximate surface area is 110 Å². The van der Waals surface area contributed by atoms with Crippen molar-refractivity contribution in [2.45, 2.75) is 6.92 Å². The molecule has 0 spiro atoms. The van der Waals surface area contributed by atoms with E-state index in [9.17, 15) is 4.79 Å². The maximum absolute atomic E-state index is 11.8. The lowest BCUT2D eigenvalue weighted by atomic mass is 10.3. The normalized spacial score (nSPS) is 10.3. The van der Waals surface area contributed by atoms with E-state index in [0.29, 0.717) is 15.9 Å². The van der Waals surface area contributed by atoms with Gasteiger partial charge in [-0.3, -0.25) is 10.1 Å². The van der Waals surface area contributed by atoms with Crippen molar-refractivity contribution in [1.29, 1.82) is 0 Å². The van der Waals surface area contributed by atoms with Crippen LogP contribution in [-0.2, 0) is 0 Å².